The standard InChI is InChI=1S/C10H18O/c1-8(2,3)10-5-9(4,6-10)11-7-10/h5-7H2,1-4H3. The molecule has 0 spiro atoms. The zero-order valence-corrected chi connectivity index (χ0v) is 8.03. The Bertz CT molecular complexity index is 182. The molecule has 2 bridgehead atoms. The summed E-state index contributed by atoms with van der Waals surface area (Å²) in [6, 6.07) is 0. The topological polar surface area (TPSA) is 9.23 Å². The Morgan fingerprint density at radius 3 is 1.91 bits per heavy atom. The highest BCUT2D eigenvalue weighted by molar-refractivity contribution is 5.13. The van der Waals surface area contributed by atoms with E-state index in [1.165, 1.54) is 12.8 Å². The van der Waals surface area contributed by atoms with Crippen LogP contribution in [-0.2, 0) is 4.74 Å². The molecule has 0 aromatic carbocycles. The average molecular weight is 154 g/mol. The lowest BCUT2D eigenvalue weighted by Crippen LogP contribution is -2.49. The van der Waals surface area contributed by atoms with Crippen LogP contribution < -0.4 is 0 Å². The molecule has 64 valence electrons. The van der Waals surface area contributed by atoms with Crippen molar-refractivity contribution in [2.24, 2.45) is 10.8 Å². The molecule has 1 aliphatic carbocycles. The molecular formula is C10H18O. The summed E-state index contributed by atoms with van der Waals surface area (Å²) in [6.07, 6.45) is 2.56. The number of fused-ring (bicyclic) bond motifs is 1. The molecule has 3 aliphatic rings. The van der Waals surface area contributed by atoms with Crippen LogP contribution in [0.25, 0.3) is 0 Å². The Hall–Kier alpha value is -0.0400. The molecule has 0 amide bonds. The summed E-state index contributed by atoms with van der Waals surface area (Å²) in [5.41, 5.74) is 1.21. The molecule has 1 nitrogen and oxygen atoms in total. The summed E-state index contributed by atoms with van der Waals surface area (Å²) in [5.74, 6) is 0. The van der Waals surface area contributed by atoms with Crippen molar-refractivity contribution >= 4 is 0 Å². The second-order valence-corrected chi connectivity index (χ2v) is 5.62. The van der Waals surface area contributed by atoms with Crippen molar-refractivity contribution in [2.45, 2.75) is 46.1 Å². The lowest BCUT2D eigenvalue weighted by Gasteiger charge is -2.50. The highest BCUT2D eigenvalue weighted by Gasteiger charge is 2.64. The Kier molecular flexibility index (Phi) is 1.15. The van der Waals surface area contributed by atoms with Crippen LogP contribution in [-0.4, -0.2) is 12.2 Å². The van der Waals surface area contributed by atoms with Crippen LogP contribution in [0.1, 0.15) is 40.5 Å². The normalized spacial score (nSPS) is 49.1. The number of rotatable bonds is 0. The molecule has 11 heavy (non-hydrogen) atoms. The maximum atomic E-state index is 5.74. The predicted molar refractivity (Wildman–Crippen MR) is 45.5 cm³/mol. The molecule has 0 N–H and O–H groups in total. The summed E-state index contributed by atoms with van der Waals surface area (Å²) >= 11 is 0. The van der Waals surface area contributed by atoms with E-state index in [2.05, 4.69) is 27.7 Å². The maximum Gasteiger partial charge on any atom is 0.0667 e. The van der Waals surface area contributed by atoms with Gasteiger partial charge in [0.1, 0.15) is 0 Å². The average Bonchev–Trinajstić information content (AvgIpc) is 2.16. The van der Waals surface area contributed by atoms with Gasteiger partial charge >= 0.3 is 0 Å². The zero-order valence-electron chi connectivity index (χ0n) is 8.03. The Morgan fingerprint density at radius 2 is 1.73 bits per heavy atom. The third-order valence-electron chi connectivity index (χ3n) is 3.71. The summed E-state index contributed by atoms with van der Waals surface area (Å²) < 4.78 is 5.74. The second-order valence-electron chi connectivity index (χ2n) is 5.62. The number of hydrogen-bond acceptors (Lipinski definition) is 1. The minimum Gasteiger partial charge on any atom is -0.375 e. The third kappa shape index (κ3) is 0.807. The summed E-state index contributed by atoms with van der Waals surface area (Å²) in [7, 11) is 0. The monoisotopic (exact) mass is 154 g/mol. The van der Waals surface area contributed by atoms with Crippen LogP contribution in [0.15, 0.2) is 0 Å². The minimum absolute atomic E-state index is 0.257. The second kappa shape index (κ2) is 1.66. The summed E-state index contributed by atoms with van der Waals surface area (Å²) in [6.45, 7) is 10.2. The van der Waals surface area contributed by atoms with Gasteiger partial charge < -0.3 is 4.74 Å². The van der Waals surface area contributed by atoms with Gasteiger partial charge in [0.05, 0.1) is 12.2 Å². The van der Waals surface area contributed by atoms with Crippen LogP contribution in [0.5, 0.6) is 0 Å². The molecule has 2 saturated heterocycles. The van der Waals surface area contributed by atoms with E-state index in [1.807, 2.05) is 0 Å². The van der Waals surface area contributed by atoms with E-state index < -0.39 is 0 Å². The fourth-order valence-corrected chi connectivity index (χ4v) is 2.64. The van der Waals surface area contributed by atoms with E-state index in [-0.39, 0.29) is 5.60 Å². The molecule has 0 aromatic rings. The smallest absolute Gasteiger partial charge is 0.0667 e. The van der Waals surface area contributed by atoms with Gasteiger partial charge in [-0.15, -0.1) is 0 Å². The first-order valence-electron chi connectivity index (χ1n) is 4.51. The maximum absolute atomic E-state index is 5.74. The highest BCUT2D eigenvalue weighted by atomic mass is 16.5. The van der Waals surface area contributed by atoms with E-state index in [9.17, 15) is 0 Å². The predicted octanol–water partition coefficient (Wildman–Crippen LogP) is 2.60. The van der Waals surface area contributed by atoms with Gasteiger partial charge in [-0.05, 0) is 25.2 Å². The first kappa shape index (κ1) is 7.60. The van der Waals surface area contributed by atoms with Crippen molar-refractivity contribution in [1.29, 1.82) is 0 Å². The molecule has 0 radical (unpaired) electrons. The fraction of sp³-hybridized carbons (Fsp3) is 1.00. The first-order valence-corrected chi connectivity index (χ1v) is 4.51. The minimum atomic E-state index is 0.257. The molecule has 3 rings (SSSR count). The van der Waals surface area contributed by atoms with Gasteiger partial charge in [0, 0.05) is 5.41 Å². The molecule has 0 atom stereocenters. The Morgan fingerprint density at radius 1 is 1.18 bits per heavy atom. The van der Waals surface area contributed by atoms with Gasteiger partial charge in [0.15, 0.2) is 0 Å². The Labute approximate surface area is 69.1 Å². The van der Waals surface area contributed by atoms with Crippen LogP contribution in [0.4, 0.5) is 0 Å². The van der Waals surface area contributed by atoms with E-state index >= 15 is 0 Å². The molecule has 3 fully saturated rings. The van der Waals surface area contributed by atoms with Crippen molar-refractivity contribution in [1.82, 2.24) is 0 Å². The lowest BCUT2D eigenvalue weighted by atomic mass is 9.52. The third-order valence-corrected chi connectivity index (χ3v) is 3.71. The van der Waals surface area contributed by atoms with Gasteiger partial charge in [-0.25, -0.2) is 0 Å². The van der Waals surface area contributed by atoms with E-state index in [4.69, 9.17) is 4.74 Å². The largest absolute Gasteiger partial charge is 0.375 e. The van der Waals surface area contributed by atoms with Crippen molar-refractivity contribution < 1.29 is 4.74 Å². The van der Waals surface area contributed by atoms with Crippen molar-refractivity contribution in [3.63, 3.8) is 0 Å². The highest BCUT2D eigenvalue weighted by Crippen LogP contribution is 2.65. The van der Waals surface area contributed by atoms with E-state index in [1.54, 1.807) is 0 Å². The van der Waals surface area contributed by atoms with Crippen LogP contribution in [0.2, 0.25) is 0 Å². The quantitative estimate of drug-likeness (QED) is 0.521. The fourth-order valence-electron chi connectivity index (χ4n) is 2.64. The molecule has 1 heteroatoms. The van der Waals surface area contributed by atoms with E-state index in [0.29, 0.717) is 10.8 Å². The van der Waals surface area contributed by atoms with Gasteiger partial charge in [-0.1, -0.05) is 20.8 Å². The lowest BCUT2D eigenvalue weighted by molar-refractivity contribution is -0.0330. The van der Waals surface area contributed by atoms with Crippen LogP contribution in [0.3, 0.4) is 0 Å². The first-order chi connectivity index (χ1) is 4.87. The SMILES string of the molecule is CC12CC(C(C)(C)C)(CO1)C2. The Balaban J connectivity index is 2.19. The summed E-state index contributed by atoms with van der Waals surface area (Å²) in [5, 5.41) is 0. The van der Waals surface area contributed by atoms with Crippen LogP contribution >= 0.6 is 0 Å². The van der Waals surface area contributed by atoms with Gasteiger partial charge in [-0.3, -0.25) is 0 Å². The molecule has 1 saturated carbocycles. The van der Waals surface area contributed by atoms with Crippen LogP contribution in [0, 0.1) is 10.8 Å². The molecule has 2 heterocycles. The molecule has 0 unspecified atom stereocenters. The number of ether oxygens (including phenoxy) is 1. The van der Waals surface area contributed by atoms with Gasteiger partial charge in [0.25, 0.3) is 0 Å². The van der Waals surface area contributed by atoms with Crippen molar-refractivity contribution in [2.75, 3.05) is 6.61 Å². The van der Waals surface area contributed by atoms with Gasteiger partial charge in [0.2, 0.25) is 0 Å². The van der Waals surface area contributed by atoms with Crippen molar-refractivity contribution in [3.8, 4) is 0 Å². The molecular weight excluding hydrogens is 136 g/mol. The van der Waals surface area contributed by atoms with Gasteiger partial charge in [-0.2, -0.15) is 0 Å². The summed E-state index contributed by atoms with van der Waals surface area (Å²) in [4.78, 5) is 0. The number of hydrogen-bond donors (Lipinski definition) is 0. The zero-order chi connectivity index (χ0) is 8.33. The van der Waals surface area contributed by atoms with E-state index in [0.717, 1.165) is 6.61 Å². The molecule has 0 aromatic heterocycles. The molecule has 2 aliphatic heterocycles. The van der Waals surface area contributed by atoms with Crippen molar-refractivity contribution in [3.05, 3.63) is 0 Å².